The Labute approximate surface area is 127 Å². The SMILES string of the molecule is COC(=O)C[C@@H](CCCCCCO)NC(=O)OC(C)(C)C. The lowest BCUT2D eigenvalue weighted by Crippen LogP contribution is -2.40. The molecule has 0 radical (unpaired) electrons. The number of amides is 1. The molecule has 0 aliphatic rings. The van der Waals surface area contributed by atoms with Crippen molar-refractivity contribution in [1.82, 2.24) is 5.32 Å². The van der Waals surface area contributed by atoms with Crippen LogP contribution in [0.25, 0.3) is 0 Å². The number of methoxy groups -OCH3 is 1. The number of rotatable bonds is 9. The summed E-state index contributed by atoms with van der Waals surface area (Å²) >= 11 is 0. The molecule has 124 valence electrons. The van der Waals surface area contributed by atoms with Crippen LogP contribution in [-0.2, 0) is 14.3 Å². The largest absolute Gasteiger partial charge is 0.469 e. The Morgan fingerprint density at radius 1 is 1.14 bits per heavy atom. The first-order chi connectivity index (χ1) is 9.78. The molecule has 0 saturated heterocycles. The highest BCUT2D eigenvalue weighted by Gasteiger charge is 2.21. The first-order valence-electron chi connectivity index (χ1n) is 7.45. The molecule has 1 atom stereocenters. The molecule has 0 saturated carbocycles. The molecule has 0 aliphatic heterocycles. The van der Waals surface area contributed by atoms with Gasteiger partial charge in [0.05, 0.1) is 13.5 Å². The third-order valence-corrected chi connectivity index (χ3v) is 2.82. The van der Waals surface area contributed by atoms with E-state index < -0.39 is 11.7 Å². The summed E-state index contributed by atoms with van der Waals surface area (Å²) in [6.07, 6.45) is 3.84. The van der Waals surface area contributed by atoms with Crippen LogP contribution in [0.3, 0.4) is 0 Å². The fourth-order valence-corrected chi connectivity index (χ4v) is 1.84. The summed E-state index contributed by atoms with van der Waals surface area (Å²) < 4.78 is 9.84. The van der Waals surface area contributed by atoms with E-state index in [1.807, 2.05) is 0 Å². The molecule has 0 unspecified atom stereocenters. The average Bonchev–Trinajstić information content (AvgIpc) is 2.35. The summed E-state index contributed by atoms with van der Waals surface area (Å²) in [5, 5.41) is 11.4. The summed E-state index contributed by atoms with van der Waals surface area (Å²) in [6, 6.07) is -0.290. The maximum absolute atomic E-state index is 11.8. The Morgan fingerprint density at radius 3 is 2.29 bits per heavy atom. The minimum Gasteiger partial charge on any atom is -0.469 e. The quantitative estimate of drug-likeness (QED) is 0.504. The van der Waals surface area contributed by atoms with Crippen molar-refractivity contribution >= 4 is 12.1 Å². The van der Waals surface area contributed by atoms with Crippen molar-refractivity contribution < 1.29 is 24.2 Å². The molecule has 21 heavy (non-hydrogen) atoms. The normalized spacial score (nSPS) is 12.6. The Balaban J connectivity index is 4.25. The number of alkyl carbamates (subject to hydrolysis) is 1. The number of hydrogen-bond acceptors (Lipinski definition) is 5. The number of unbranched alkanes of at least 4 members (excludes halogenated alkanes) is 3. The third-order valence-electron chi connectivity index (χ3n) is 2.82. The number of ether oxygens (including phenoxy) is 2. The molecular formula is C15H29NO5. The maximum Gasteiger partial charge on any atom is 0.407 e. The molecule has 0 aliphatic carbocycles. The highest BCUT2D eigenvalue weighted by atomic mass is 16.6. The van der Waals surface area contributed by atoms with E-state index in [9.17, 15) is 9.59 Å². The molecule has 0 heterocycles. The molecule has 0 aromatic carbocycles. The zero-order valence-electron chi connectivity index (χ0n) is 13.6. The first-order valence-corrected chi connectivity index (χ1v) is 7.45. The van der Waals surface area contributed by atoms with E-state index in [0.29, 0.717) is 6.42 Å². The van der Waals surface area contributed by atoms with Crippen LogP contribution < -0.4 is 5.32 Å². The van der Waals surface area contributed by atoms with Crippen LogP contribution in [0.1, 0.15) is 59.3 Å². The first kappa shape index (κ1) is 19.7. The van der Waals surface area contributed by atoms with Gasteiger partial charge in [-0.2, -0.15) is 0 Å². The predicted molar refractivity (Wildman–Crippen MR) is 80.0 cm³/mol. The van der Waals surface area contributed by atoms with Crippen molar-refractivity contribution in [2.45, 2.75) is 70.9 Å². The molecule has 6 nitrogen and oxygen atoms in total. The second-order valence-corrected chi connectivity index (χ2v) is 6.05. The lowest BCUT2D eigenvalue weighted by atomic mass is 10.0. The minimum atomic E-state index is -0.568. The van der Waals surface area contributed by atoms with Gasteiger partial charge in [0.2, 0.25) is 0 Å². The molecule has 1 amide bonds. The fourth-order valence-electron chi connectivity index (χ4n) is 1.84. The number of aliphatic hydroxyl groups is 1. The molecule has 0 bridgehead atoms. The van der Waals surface area contributed by atoms with Crippen LogP contribution in [0.5, 0.6) is 0 Å². The zero-order valence-corrected chi connectivity index (χ0v) is 13.6. The molecule has 0 rings (SSSR count). The summed E-state index contributed by atoms with van der Waals surface area (Å²) in [5.41, 5.74) is -0.568. The number of aliphatic hydroxyl groups excluding tert-OH is 1. The molecule has 0 fully saturated rings. The fraction of sp³-hybridized carbons (Fsp3) is 0.867. The highest BCUT2D eigenvalue weighted by molar-refractivity contribution is 5.72. The van der Waals surface area contributed by atoms with Gasteiger partial charge in [0.25, 0.3) is 0 Å². The van der Waals surface area contributed by atoms with Crippen LogP contribution in [0, 0.1) is 0 Å². The van der Waals surface area contributed by atoms with E-state index in [0.717, 1.165) is 25.7 Å². The van der Waals surface area contributed by atoms with Crippen molar-refractivity contribution in [3.8, 4) is 0 Å². The summed E-state index contributed by atoms with van der Waals surface area (Å²) in [4.78, 5) is 23.1. The summed E-state index contributed by atoms with van der Waals surface area (Å²) in [5.74, 6) is -0.355. The second kappa shape index (κ2) is 10.4. The molecule has 0 spiro atoms. The van der Waals surface area contributed by atoms with Crippen molar-refractivity contribution in [1.29, 1.82) is 0 Å². The average molecular weight is 303 g/mol. The van der Waals surface area contributed by atoms with Gasteiger partial charge in [-0.1, -0.05) is 19.3 Å². The number of esters is 1. The summed E-state index contributed by atoms with van der Waals surface area (Å²) in [6.45, 7) is 5.56. The van der Waals surface area contributed by atoms with Gasteiger partial charge >= 0.3 is 12.1 Å². The topological polar surface area (TPSA) is 84.9 Å². The van der Waals surface area contributed by atoms with Gasteiger partial charge in [-0.05, 0) is 33.6 Å². The number of carbonyl (C=O) groups is 2. The number of hydrogen-bond donors (Lipinski definition) is 2. The number of carbonyl (C=O) groups excluding carboxylic acids is 2. The van der Waals surface area contributed by atoms with Crippen LogP contribution in [0.4, 0.5) is 4.79 Å². The van der Waals surface area contributed by atoms with E-state index in [1.165, 1.54) is 7.11 Å². The van der Waals surface area contributed by atoms with Gasteiger partial charge in [-0.3, -0.25) is 4.79 Å². The van der Waals surface area contributed by atoms with Gasteiger partial charge in [0.15, 0.2) is 0 Å². The Morgan fingerprint density at radius 2 is 1.76 bits per heavy atom. The van der Waals surface area contributed by atoms with Crippen molar-refractivity contribution in [3.05, 3.63) is 0 Å². The second-order valence-electron chi connectivity index (χ2n) is 6.05. The Bertz CT molecular complexity index is 312. The Hall–Kier alpha value is -1.30. The zero-order chi connectivity index (χ0) is 16.3. The predicted octanol–water partition coefficient (Wildman–Crippen LogP) is 2.39. The monoisotopic (exact) mass is 303 g/mol. The summed E-state index contributed by atoms with van der Waals surface area (Å²) in [7, 11) is 1.33. The smallest absolute Gasteiger partial charge is 0.407 e. The minimum absolute atomic E-state index is 0.135. The van der Waals surface area contributed by atoms with E-state index in [1.54, 1.807) is 20.8 Å². The maximum atomic E-state index is 11.8. The van der Waals surface area contributed by atoms with Crippen LogP contribution in [0.15, 0.2) is 0 Å². The lowest BCUT2D eigenvalue weighted by Gasteiger charge is -2.23. The standard InChI is InChI=1S/C15H29NO5/c1-15(2,3)21-14(19)16-12(11-13(18)20-4)9-7-5-6-8-10-17/h12,17H,5-11H2,1-4H3,(H,16,19)/t12-/m1/s1. The molecule has 0 aromatic heterocycles. The van der Waals surface area contributed by atoms with Gasteiger partial charge in [-0.15, -0.1) is 0 Å². The van der Waals surface area contributed by atoms with E-state index in [2.05, 4.69) is 10.1 Å². The van der Waals surface area contributed by atoms with Crippen LogP contribution in [-0.4, -0.2) is 42.5 Å². The van der Waals surface area contributed by atoms with Gasteiger partial charge in [0, 0.05) is 12.6 Å². The van der Waals surface area contributed by atoms with Gasteiger partial charge < -0.3 is 19.9 Å². The van der Waals surface area contributed by atoms with Crippen molar-refractivity contribution in [3.63, 3.8) is 0 Å². The molecule has 6 heteroatoms. The highest BCUT2D eigenvalue weighted by Crippen LogP contribution is 2.11. The van der Waals surface area contributed by atoms with Gasteiger partial charge in [0.1, 0.15) is 5.60 Å². The lowest BCUT2D eigenvalue weighted by molar-refractivity contribution is -0.141. The van der Waals surface area contributed by atoms with Crippen LogP contribution >= 0.6 is 0 Å². The molecule has 2 N–H and O–H groups in total. The van der Waals surface area contributed by atoms with E-state index in [4.69, 9.17) is 9.84 Å². The molecule has 0 aromatic rings. The van der Waals surface area contributed by atoms with E-state index in [-0.39, 0.29) is 25.0 Å². The van der Waals surface area contributed by atoms with Gasteiger partial charge in [-0.25, -0.2) is 4.79 Å². The van der Waals surface area contributed by atoms with E-state index >= 15 is 0 Å². The number of nitrogens with one attached hydrogen (secondary N) is 1. The third kappa shape index (κ3) is 12.2. The van der Waals surface area contributed by atoms with Crippen molar-refractivity contribution in [2.24, 2.45) is 0 Å². The Kier molecular flexibility index (Phi) is 9.78. The van der Waals surface area contributed by atoms with Crippen molar-refractivity contribution in [2.75, 3.05) is 13.7 Å². The van der Waals surface area contributed by atoms with Crippen LogP contribution in [0.2, 0.25) is 0 Å². The molecular weight excluding hydrogens is 274 g/mol.